The molecule has 1 rings (SSSR count). The molecule has 106 valence electrons. The molecule has 0 fully saturated rings. The Labute approximate surface area is 123 Å². The van der Waals surface area contributed by atoms with Crippen molar-refractivity contribution in [2.75, 3.05) is 17.6 Å². The van der Waals surface area contributed by atoms with E-state index in [0.717, 1.165) is 0 Å². The zero-order valence-corrected chi connectivity index (χ0v) is 12.2. The molecule has 1 amide bonds. The molecular formula is C14H17ClN4O. The number of hydrogen-bond acceptors (Lipinski definition) is 4. The van der Waals surface area contributed by atoms with Crippen molar-refractivity contribution in [1.29, 1.82) is 5.26 Å². The lowest BCUT2D eigenvalue weighted by molar-refractivity contribution is -0.112. The first kappa shape index (κ1) is 15.9. The minimum absolute atomic E-state index is 0.00130. The molecule has 4 N–H and O–H groups in total. The normalized spacial score (nSPS) is 11.1. The highest BCUT2D eigenvalue weighted by Crippen LogP contribution is 2.22. The molecule has 0 aliphatic rings. The Hall–Kier alpha value is -2.19. The molecule has 0 radical (unpaired) electrons. The van der Waals surface area contributed by atoms with Crippen LogP contribution in [0.1, 0.15) is 13.8 Å². The number of anilines is 2. The highest BCUT2D eigenvalue weighted by Gasteiger charge is 2.10. The molecule has 0 atom stereocenters. The number of amides is 1. The number of rotatable bonds is 5. The fraction of sp³-hybridized carbons (Fsp3) is 0.286. The number of benzene rings is 1. The molecule has 0 aromatic heterocycles. The minimum atomic E-state index is -0.496. The van der Waals surface area contributed by atoms with Gasteiger partial charge in [0.2, 0.25) is 0 Å². The summed E-state index contributed by atoms with van der Waals surface area (Å²) in [5, 5.41) is 14.8. The van der Waals surface area contributed by atoms with Crippen molar-refractivity contribution in [3.05, 3.63) is 35.0 Å². The Bertz CT molecular complexity index is 561. The second kappa shape index (κ2) is 7.41. The van der Waals surface area contributed by atoms with E-state index in [0.29, 0.717) is 28.9 Å². The lowest BCUT2D eigenvalue weighted by Gasteiger charge is -2.07. The largest absolute Gasteiger partial charge is 0.398 e. The van der Waals surface area contributed by atoms with Crippen LogP contribution in [-0.4, -0.2) is 12.5 Å². The van der Waals surface area contributed by atoms with Gasteiger partial charge in [0.1, 0.15) is 11.6 Å². The summed E-state index contributed by atoms with van der Waals surface area (Å²) in [5.41, 5.74) is 6.50. The van der Waals surface area contributed by atoms with E-state index in [1.54, 1.807) is 12.1 Å². The van der Waals surface area contributed by atoms with Gasteiger partial charge in [0.05, 0.1) is 10.7 Å². The van der Waals surface area contributed by atoms with Crippen molar-refractivity contribution >= 4 is 28.9 Å². The maximum absolute atomic E-state index is 11.9. The molecule has 0 saturated heterocycles. The molecule has 0 bridgehead atoms. The van der Waals surface area contributed by atoms with Crippen molar-refractivity contribution in [1.82, 2.24) is 5.32 Å². The molecule has 5 nitrogen and oxygen atoms in total. The Balaban J connectivity index is 2.72. The van der Waals surface area contributed by atoms with E-state index in [9.17, 15) is 4.79 Å². The second-order valence-electron chi connectivity index (χ2n) is 4.66. The van der Waals surface area contributed by atoms with Crippen LogP contribution < -0.4 is 16.4 Å². The van der Waals surface area contributed by atoms with E-state index < -0.39 is 5.91 Å². The fourth-order valence-electron chi connectivity index (χ4n) is 1.35. The zero-order chi connectivity index (χ0) is 15.1. The monoisotopic (exact) mass is 292 g/mol. The first-order valence-electron chi connectivity index (χ1n) is 6.14. The third-order valence-corrected chi connectivity index (χ3v) is 2.72. The van der Waals surface area contributed by atoms with Crippen LogP contribution in [0.4, 0.5) is 11.4 Å². The molecule has 1 aromatic carbocycles. The van der Waals surface area contributed by atoms with Gasteiger partial charge in [-0.25, -0.2) is 0 Å². The number of nitrogens with one attached hydrogen (secondary N) is 2. The Morgan fingerprint density at radius 1 is 1.55 bits per heavy atom. The number of carbonyl (C=O) groups excluding carboxylic acids is 1. The Kier molecular flexibility index (Phi) is 5.88. The molecule has 0 heterocycles. The van der Waals surface area contributed by atoms with Crippen molar-refractivity contribution in [3.8, 4) is 6.07 Å². The number of nitriles is 1. The van der Waals surface area contributed by atoms with E-state index in [1.165, 1.54) is 12.3 Å². The van der Waals surface area contributed by atoms with Gasteiger partial charge in [0.25, 0.3) is 5.91 Å². The van der Waals surface area contributed by atoms with Gasteiger partial charge in [-0.2, -0.15) is 5.26 Å². The van der Waals surface area contributed by atoms with E-state index in [2.05, 4.69) is 10.6 Å². The van der Waals surface area contributed by atoms with Crippen LogP contribution in [0.15, 0.2) is 30.0 Å². The number of nitrogens with zero attached hydrogens (tertiary/aromatic N) is 1. The number of nitrogens with two attached hydrogens (primary N) is 1. The van der Waals surface area contributed by atoms with Gasteiger partial charge in [-0.3, -0.25) is 4.79 Å². The predicted molar refractivity (Wildman–Crippen MR) is 81.0 cm³/mol. The van der Waals surface area contributed by atoms with Crippen molar-refractivity contribution < 1.29 is 4.79 Å². The lowest BCUT2D eigenvalue weighted by atomic mass is 10.2. The highest BCUT2D eigenvalue weighted by molar-refractivity contribution is 6.33. The van der Waals surface area contributed by atoms with Crippen LogP contribution in [0.25, 0.3) is 0 Å². The van der Waals surface area contributed by atoms with E-state index in [4.69, 9.17) is 22.6 Å². The summed E-state index contributed by atoms with van der Waals surface area (Å²) in [4.78, 5) is 11.9. The average Bonchev–Trinajstić information content (AvgIpc) is 2.38. The van der Waals surface area contributed by atoms with E-state index in [-0.39, 0.29) is 5.57 Å². The van der Waals surface area contributed by atoms with Gasteiger partial charge in [0.15, 0.2) is 0 Å². The lowest BCUT2D eigenvalue weighted by Crippen LogP contribution is -2.19. The van der Waals surface area contributed by atoms with Crippen LogP contribution >= 0.6 is 11.6 Å². The highest BCUT2D eigenvalue weighted by atomic mass is 35.5. The molecule has 0 spiro atoms. The number of hydrogen-bond donors (Lipinski definition) is 3. The molecule has 20 heavy (non-hydrogen) atoms. The SMILES string of the molecule is CC(C)CN/C=C(/C#N)C(=O)Nc1ccc(N)c(Cl)c1. The Morgan fingerprint density at radius 3 is 2.80 bits per heavy atom. The zero-order valence-electron chi connectivity index (χ0n) is 11.4. The summed E-state index contributed by atoms with van der Waals surface area (Å²) < 4.78 is 0. The summed E-state index contributed by atoms with van der Waals surface area (Å²) in [7, 11) is 0. The first-order valence-corrected chi connectivity index (χ1v) is 6.52. The van der Waals surface area contributed by atoms with Crippen LogP contribution in [0.3, 0.4) is 0 Å². The molecular weight excluding hydrogens is 276 g/mol. The van der Waals surface area contributed by atoms with Crippen molar-refractivity contribution in [2.24, 2.45) is 5.92 Å². The molecule has 0 saturated carbocycles. The summed E-state index contributed by atoms with van der Waals surface area (Å²) in [6.45, 7) is 4.75. The predicted octanol–water partition coefficient (Wildman–Crippen LogP) is 2.51. The van der Waals surface area contributed by atoms with E-state index >= 15 is 0 Å². The molecule has 0 aliphatic heterocycles. The van der Waals surface area contributed by atoms with Gasteiger partial charge in [-0.1, -0.05) is 25.4 Å². The maximum atomic E-state index is 11.9. The van der Waals surface area contributed by atoms with Crippen LogP contribution in [0.2, 0.25) is 5.02 Å². The third-order valence-electron chi connectivity index (χ3n) is 2.40. The van der Waals surface area contributed by atoms with Gasteiger partial charge >= 0.3 is 0 Å². The second-order valence-corrected chi connectivity index (χ2v) is 5.07. The summed E-state index contributed by atoms with van der Waals surface area (Å²) in [6.07, 6.45) is 1.41. The first-order chi connectivity index (χ1) is 9.43. The summed E-state index contributed by atoms with van der Waals surface area (Å²) in [6, 6.07) is 6.59. The number of halogens is 1. The van der Waals surface area contributed by atoms with Crippen LogP contribution in [-0.2, 0) is 4.79 Å². The minimum Gasteiger partial charge on any atom is -0.398 e. The summed E-state index contributed by atoms with van der Waals surface area (Å²) in [5.74, 6) is -0.0743. The van der Waals surface area contributed by atoms with Gasteiger partial charge in [-0.15, -0.1) is 0 Å². The van der Waals surface area contributed by atoms with Crippen LogP contribution in [0.5, 0.6) is 0 Å². The van der Waals surface area contributed by atoms with Crippen molar-refractivity contribution in [2.45, 2.75) is 13.8 Å². The van der Waals surface area contributed by atoms with Gasteiger partial charge < -0.3 is 16.4 Å². The molecule has 0 aliphatic carbocycles. The third kappa shape index (κ3) is 4.82. The number of carbonyl (C=O) groups is 1. The maximum Gasteiger partial charge on any atom is 0.267 e. The smallest absolute Gasteiger partial charge is 0.267 e. The molecule has 1 aromatic rings. The van der Waals surface area contributed by atoms with Gasteiger partial charge in [0, 0.05) is 18.4 Å². The standard InChI is InChI=1S/C14H17ClN4O/c1-9(2)7-18-8-10(6-16)14(20)19-11-3-4-13(17)12(15)5-11/h3-5,8-9,18H,7,17H2,1-2H3,(H,19,20)/b10-8-. The Morgan fingerprint density at radius 2 is 2.25 bits per heavy atom. The van der Waals surface area contributed by atoms with Crippen molar-refractivity contribution in [3.63, 3.8) is 0 Å². The van der Waals surface area contributed by atoms with Crippen LogP contribution in [0, 0.1) is 17.2 Å². The molecule has 0 unspecified atom stereocenters. The van der Waals surface area contributed by atoms with Gasteiger partial charge in [-0.05, 0) is 24.1 Å². The quantitative estimate of drug-likeness (QED) is 0.442. The number of nitrogen functional groups attached to an aromatic ring is 1. The fourth-order valence-corrected chi connectivity index (χ4v) is 1.53. The summed E-state index contributed by atoms with van der Waals surface area (Å²) >= 11 is 5.86. The van der Waals surface area contributed by atoms with E-state index in [1.807, 2.05) is 19.9 Å². The average molecular weight is 293 g/mol. The topological polar surface area (TPSA) is 90.9 Å². The molecule has 6 heteroatoms.